The van der Waals surface area contributed by atoms with Crippen LogP contribution in [0.4, 0.5) is 0 Å². The van der Waals surface area contributed by atoms with Crippen molar-refractivity contribution >= 4 is 24.6 Å². The standard InChI is InChI=1S/C29H39O8P/c1-19(2)16-33-21(5)35-28(30)15-23(29(31)36-22(6)34-17-20(3)4)18-38(32)27-14-10-8-12-25(27)24-11-7-9-13-26(24)37-38/h7-14,19-23H,15-18H2,1-6H3. The fourth-order valence-electron chi connectivity index (χ4n) is 4.04. The molecule has 1 heterocycles. The summed E-state index contributed by atoms with van der Waals surface area (Å²) >= 11 is 0. The van der Waals surface area contributed by atoms with Crippen LogP contribution in [0.5, 0.6) is 5.75 Å². The van der Waals surface area contributed by atoms with Gasteiger partial charge in [0.05, 0.1) is 37.0 Å². The first-order chi connectivity index (χ1) is 18.0. The highest BCUT2D eigenvalue weighted by Gasteiger charge is 2.41. The van der Waals surface area contributed by atoms with Crippen LogP contribution in [0.25, 0.3) is 11.1 Å². The first-order valence-corrected chi connectivity index (χ1v) is 14.9. The molecule has 38 heavy (non-hydrogen) atoms. The second kappa shape index (κ2) is 13.4. The molecule has 0 aliphatic carbocycles. The highest BCUT2D eigenvalue weighted by atomic mass is 31.2. The summed E-state index contributed by atoms with van der Waals surface area (Å²) in [5, 5.41) is 0.502. The quantitative estimate of drug-likeness (QED) is 0.177. The molecule has 9 heteroatoms. The van der Waals surface area contributed by atoms with Gasteiger partial charge in [-0.25, -0.2) is 0 Å². The zero-order valence-electron chi connectivity index (χ0n) is 23.0. The number of carbonyl (C=O) groups excluding carboxylic acids is 2. The Kier molecular flexibility index (Phi) is 10.5. The summed E-state index contributed by atoms with van der Waals surface area (Å²) in [6, 6.07) is 14.6. The van der Waals surface area contributed by atoms with Crippen molar-refractivity contribution in [1.82, 2.24) is 0 Å². The Morgan fingerprint density at radius 1 is 0.789 bits per heavy atom. The number of fused-ring (bicyclic) bond motifs is 3. The molecule has 0 N–H and O–H groups in total. The Balaban J connectivity index is 1.83. The number of benzene rings is 2. The zero-order valence-corrected chi connectivity index (χ0v) is 23.9. The molecule has 0 radical (unpaired) electrons. The fraction of sp³-hybridized carbons (Fsp3) is 0.517. The van der Waals surface area contributed by atoms with Crippen LogP contribution in [0.2, 0.25) is 0 Å². The van der Waals surface area contributed by atoms with E-state index in [2.05, 4.69) is 0 Å². The molecule has 0 spiro atoms. The zero-order chi connectivity index (χ0) is 27.9. The molecule has 0 saturated carbocycles. The van der Waals surface area contributed by atoms with Gasteiger partial charge in [0, 0.05) is 5.56 Å². The maximum Gasteiger partial charge on any atom is 0.312 e. The van der Waals surface area contributed by atoms with E-state index in [0.717, 1.165) is 11.1 Å². The number of ether oxygens (including phenoxy) is 4. The lowest BCUT2D eigenvalue weighted by molar-refractivity contribution is -0.187. The molecule has 8 nitrogen and oxygen atoms in total. The van der Waals surface area contributed by atoms with Crippen LogP contribution in [-0.2, 0) is 33.1 Å². The Bertz CT molecular complexity index is 1140. The van der Waals surface area contributed by atoms with E-state index < -0.39 is 37.8 Å². The second-order valence-corrected chi connectivity index (χ2v) is 12.8. The Hall–Kier alpha value is -2.67. The van der Waals surface area contributed by atoms with Crippen LogP contribution in [0.1, 0.15) is 48.0 Å². The van der Waals surface area contributed by atoms with E-state index in [9.17, 15) is 14.2 Å². The van der Waals surface area contributed by atoms with Crippen LogP contribution < -0.4 is 9.83 Å². The van der Waals surface area contributed by atoms with Gasteiger partial charge in [-0.2, -0.15) is 0 Å². The summed E-state index contributed by atoms with van der Waals surface area (Å²) in [6.07, 6.45) is -2.20. The normalized spacial score (nSPS) is 18.6. The molecule has 0 saturated heterocycles. The maximum absolute atomic E-state index is 14.4. The van der Waals surface area contributed by atoms with Gasteiger partial charge in [-0.05, 0) is 43.4 Å². The van der Waals surface area contributed by atoms with Gasteiger partial charge < -0.3 is 23.5 Å². The third-order valence-corrected chi connectivity index (χ3v) is 8.35. The van der Waals surface area contributed by atoms with E-state index in [4.69, 9.17) is 23.5 Å². The molecule has 0 bridgehead atoms. The smallest absolute Gasteiger partial charge is 0.312 e. The Morgan fingerprint density at radius 3 is 1.97 bits per heavy atom. The lowest BCUT2D eigenvalue weighted by atomic mass is 10.0. The third kappa shape index (κ3) is 8.16. The molecule has 2 aromatic rings. The lowest BCUT2D eigenvalue weighted by Crippen LogP contribution is -2.33. The lowest BCUT2D eigenvalue weighted by Gasteiger charge is -2.30. The monoisotopic (exact) mass is 546 g/mol. The second-order valence-electron chi connectivity index (χ2n) is 10.4. The van der Waals surface area contributed by atoms with Crippen LogP contribution in [0.3, 0.4) is 0 Å². The fourth-order valence-corrected chi connectivity index (χ4v) is 6.62. The van der Waals surface area contributed by atoms with E-state index >= 15 is 0 Å². The Morgan fingerprint density at radius 2 is 1.34 bits per heavy atom. The van der Waals surface area contributed by atoms with Crippen molar-refractivity contribution in [3.05, 3.63) is 48.5 Å². The number of carbonyl (C=O) groups is 2. The largest absolute Gasteiger partial charge is 0.439 e. The molecular weight excluding hydrogens is 507 g/mol. The molecule has 4 atom stereocenters. The van der Waals surface area contributed by atoms with Gasteiger partial charge in [-0.15, -0.1) is 0 Å². The molecule has 208 valence electrons. The average molecular weight is 547 g/mol. The van der Waals surface area contributed by atoms with Crippen molar-refractivity contribution in [3.63, 3.8) is 0 Å². The van der Waals surface area contributed by atoms with Crippen molar-refractivity contribution in [2.24, 2.45) is 17.8 Å². The summed E-state index contributed by atoms with van der Waals surface area (Å²) in [4.78, 5) is 26.1. The average Bonchev–Trinajstić information content (AvgIpc) is 2.86. The number of para-hydroxylation sites is 1. The van der Waals surface area contributed by atoms with Crippen molar-refractivity contribution in [1.29, 1.82) is 0 Å². The van der Waals surface area contributed by atoms with E-state index in [-0.39, 0.29) is 24.4 Å². The third-order valence-electron chi connectivity index (χ3n) is 5.81. The summed E-state index contributed by atoms with van der Waals surface area (Å²) in [6.45, 7) is 12.0. The molecule has 0 amide bonds. The van der Waals surface area contributed by atoms with Crippen LogP contribution in [0.15, 0.2) is 48.5 Å². The van der Waals surface area contributed by atoms with Crippen LogP contribution >= 0.6 is 7.37 Å². The first-order valence-electron chi connectivity index (χ1n) is 13.1. The predicted molar refractivity (Wildman–Crippen MR) is 145 cm³/mol. The van der Waals surface area contributed by atoms with Gasteiger partial charge in [-0.3, -0.25) is 14.2 Å². The van der Waals surface area contributed by atoms with Gasteiger partial charge in [-0.1, -0.05) is 64.1 Å². The molecule has 1 aliphatic heterocycles. The van der Waals surface area contributed by atoms with E-state index in [1.165, 1.54) is 0 Å². The SMILES string of the molecule is CC(C)COC(C)OC(=O)CC(CP1(=O)Oc2ccccc2-c2ccccc21)C(=O)OC(C)OCC(C)C. The number of hydrogen-bond acceptors (Lipinski definition) is 8. The van der Waals surface area contributed by atoms with E-state index in [0.29, 0.717) is 24.3 Å². The molecule has 1 aliphatic rings. The molecule has 3 rings (SSSR count). The maximum atomic E-state index is 14.4. The summed E-state index contributed by atoms with van der Waals surface area (Å²) < 4.78 is 42.5. The summed E-state index contributed by atoms with van der Waals surface area (Å²) in [5.74, 6) is -1.47. The van der Waals surface area contributed by atoms with Crippen molar-refractivity contribution in [2.75, 3.05) is 19.4 Å². The predicted octanol–water partition coefficient (Wildman–Crippen LogP) is 5.78. The van der Waals surface area contributed by atoms with Crippen LogP contribution in [0, 0.1) is 17.8 Å². The van der Waals surface area contributed by atoms with Gasteiger partial charge in [0.2, 0.25) is 0 Å². The summed E-state index contributed by atoms with van der Waals surface area (Å²) in [5.41, 5.74) is 1.59. The van der Waals surface area contributed by atoms with E-state index in [1.807, 2.05) is 52.0 Å². The number of esters is 2. The molecule has 0 fully saturated rings. The minimum Gasteiger partial charge on any atom is -0.439 e. The van der Waals surface area contributed by atoms with Gasteiger partial charge in [0.1, 0.15) is 5.75 Å². The van der Waals surface area contributed by atoms with Gasteiger partial charge in [0.25, 0.3) is 7.37 Å². The van der Waals surface area contributed by atoms with Crippen molar-refractivity contribution < 1.29 is 37.6 Å². The summed E-state index contributed by atoms with van der Waals surface area (Å²) in [7, 11) is -3.62. The molecule has 2 aromatic carbocycles. The van der Waals surface area contributed by atoms with Crippen molar-refractivity contribution in [3.8, 4) is 16.9 Å². The van der Waals surface area contributed by atoms with Gasteiger partial charge >= 0.3 is 11.9 Å². The highest BCUT2D eigenvalue weighted by Crippen LogP contribution is 2.55. The van der Waals surface area contributed by atoms with Crippen LogP contribution in [-0.4, -0.2) is 43.9 Å². The molecule has 4 unspecified atom stereocenters. The van der Waals surface area contributed by atoms with E-state index in [1.54, 1.807) is 38.1 Å². The molecular formula is C29H39O8P. The topological polar surface area (TPSA) is 97.4 Å². The minimum atomic E-state index is -3.62. The minimum absolute atomic E-state index is 0.232. The molecule has 0 aromatic heterocycles. The van der Waals surface area contributed by atoms with Crippen molar-refractivity contribution in [2.45, 2.75) is 60.5 Å². The highest BCUT2D eigenvalue weighted by molar-refractivity contribution is 7.67. The number of hydrogen-bond donors (Lipinski definition) is 0. The van der Waals surface area contributed by atoms with Gasteiger partial charge in [0.15, 0.2) is 12.6 Å². The first kappa shape index (κ1) is 29.9. The number of rotatable bonds is 13. The Labute approximate surface area is 225 Å².